The van der Waals surface area contributed by atoms with Crippen LogP contribution in [0.25, 0.3) is 0 Å². The van der Waals surface area contributed by atoms with Crippen LogP contribution in [0, 0.1) is 0 Å². The van der Waals surface area contributed by atoms with Crippen molar-refractivity contribution in [3.05, 3.63) is 53.6 Å². The van der Waals surface area contributed by atoms with Gasteiger partial charge in [-0.3, -0.25) is 9.11 Å². The highest BCUT2D eigenvalue weighted by molar-refractivity contribution is 8.25. The zero-order valence-electron chi connectivity index (χ0n) is 13.8. The van der Waals surface area contributed by atoms with Gasteiger partial charge in [0, 0.05) is 5.56 Å². The lowest BCUT2D eigenvalue weighted by Crippen LogP contribution is -2.16. The van der Waals surface area contributed by atoms with Gasteiger partial charge in [0.25, 0.3) is 0 Å². The van der Waals surface area contributed by atoms with E-state index < -0.39 is 37.4 Å². The Morgan fingerprint density at radius 1 is 1.19 bits per heavy atom. The molecule has 1 aliphatic rings. The minimum Gasteiger partial charge on any atom is -0.493 e. The lowest BCUT2D eigenvalue weighted by molar-refractivity contribution is 0.0692. The Morgan fingerprint density at radius 2 is 1.85 bits per heavy atom. The van der Waals surface area contributed by atoms with Crippen LogP contribution in [0.5, 0.6) is 5.75 Å². The molecule has 1 unspecified atom stereocenters. The molecule has 0 aliphatic carbocycles. The Kier molecular flexibility index (Phi) is 4.74. The molecule has 0 bridgehead atoms. The van der Waals surface area contributed by atoms with Gasteiger partial charge in [0.2, 0.25) is 0 Å². The van der Waals surface area contributed by atoms with E-state index in [4.69, 9.17) is 4.74 Å². The number of sulfone groups is 1. The number of carbonyl (C=O) groups is 1. The van der Waals surface area contributed by atoms with E-state index in [9.17, 15) is 27.4 Å². The third-order valence-electron chi connectivity index (χ3n) is 4.18. The zero-order valence-corrected chi connectivity index (χ0v) is 15.5. The third-order valence-corrected chi connectivity index (χ3v) is 8.33. The van der Waals surface area contributed by atoms with Crippen LogP contribution in [0.2, 0.25) is 0 Å². The summed E-state index contributed by atoms with van der Waals surface area (Å²) < 4.78 is 52.5. The van der Waals surface area contributed by atoms with Gasteiger partial charge >= 0.3 is 5.97 Å². The van der Waals surface area contributed by atoms with Crippen molar-refractivity contribution >= 4 is 26.4 Å². The molecule has 0 fully saturated rings. The van der Waals surface area contributed by atoms with Crippen LogP contribution in [0.4, 0.5) is 0 Å². The van der Waals surface area contributed by atoms with Crippen molar-refractivity contribution in [1.82, 2.24) is 0 Å². The summed E-state index contributed by atoms with van der Waals surface area (Å²) in [6.45, 7) is 1.74. The molecule has 2 aromatic carbocycles. The second-order valence-electron chi connectivity index (χ2n) is 5.77. The monoisotopic (exact) mass is 398 g/mol. The Morgan fingerprint density at radius 3 is 2.42 bits per heavy atom. The largest absolute Gasteiger partial charge is 0.493 e. The van der Waals surface area contributed by atoms with Crippen molar-refractivity contribution < 1.29 is 32.2 Å². The number of aromatic carboxylic acids is 1. The summed E-state index contributed by atoms with van der Waals surface area (Å²) in [5, 5.41) is 8.11. The predicted octanol–water partition coefficient (Wildman–Crippen LogP) is 3.42. The van der Waals surface area contributed by atoms with E-state index in [1.807, 2.05) is 0 Å². The van der Waals surface area contributed by atoms with Crippen molar-refractivity contribution in [3.63, 3.8) is 0 Å². The summed E-state index contributed by atoms with van der Waals surface area (Å²) in [5.41, 5.74) is -0.188. The lowest BCUT2D eigenvalue weighted by Gasteiger charge is -2.27. The molecule has 1 aliphatic heterocycles. The number of carboxylic acids is 1. The minimum atomic E-state index is -3.98. The lowest BCUT2D eigenvalue weighted by atomic mass is 10.1. The predicted molar refractivity (Wildman–Crippen MR) is 96.9 cm³/mol. The number of benzene rings is 2. The van der Waals surface area contributed by atoms with Crippen LogP contribution < -0.4 is 4.74 Å². The van der Waals surface area contributed by atoms with Crippen LogP contribution in [0.3, 0.4) is 0 Å². The maximum Gasteiger partial charge on any atom is 0.339 e. The first-order chi connectivity index (χ1) is 12.2. The molecule has 9 heteroatoms. The van der Waals surface area contributed by atoms with Crippen LogP contribution >= 0.6 is 10.6 Å². The van der Waals surface area contributed by atoms with Crippen molar-refractivity contribution in [2.75, 3.05) is 12.4 Å². The van der Waals surface area contributed by atoms with E-state index in [1.54, 1.807) is 25.1 Å². The van der Waals surface area contributed by atoms with Crippen LogP contribution in [0.1, 0.15) is 28.1 Å². The molecular formula is C17H18O7S2. The molecule has 26 heavy (non-hydrogen) atoms. The second-order valence-corrected chi connectivity index (χ2v) is 10.0. The van der Waals surface area contributed by atoms with Gasteiger partial charge in [0.05, 0.1) is 22.2 Å². The number of hydrogen-bond donors (Lipinski definition) is 3. The normalized spacial score (nSPS) is 19.6. The van der Waals surface area contributed by atoms with E-state index in [-0.39, 0.29) is 33.3 Å². The van der Waals surface area contributed by atoms with Gasteiger partial charge in [-0.15, -0.1) is 0 Å². The second kappa shape index (κ2) is 6.58. The van der Waals surface area contributed by atoms with Crippen molar-refractivity contribution in [3.8, 4) is 5.75 Å². The summed E-state index contributed by atoms with van der Waals surface area (Å²) >= 11 is 0. The molecular weight excluding hydrogens is 380 g/mol. The van der Waals surface area contributed by atoms with E-state index in [0.717, 1.165) is 0 Å². The minimum absolute atomic E-state index is 0.0236. The van der Waals surface area contributed by atoms with Gasteiger partial charge in [-0.1, -0.05) is 18.2 Å². The summed E-state index contributed by atoms with van der Waals surface area (Å²) in [5.74, 6) is -1.84. The summed E-state index contributed by atoms with van der Waals surface area (Å²) in [6.07, 6.45) is 0. The summed E-state index contributed by atoms with van der Waals surface area (Å²) in [7, 11) is -7.36. The first-order valence-corrected chi connectivity index (χ1v) is 11.0. The number of fused-ring (bicyclic) bond motifs is 1. The zero-order chi connectivity index (χ0) is 19.1. The number of carboxylic acid groups (broad SMARTS) is 1. The van der Waals surface area contributed by atoms with Gasteiger partial charge in [-0.2, -0.15) is 10.6 Å². The topological polar surface area (TPSA) is 121 Å². The molecule has 2 aromatic rings. The molecule has 1 atom stereocenters. The Balaban J connectivity index is 2.28. The van der Waals surface area contributed by atoms with Gasteiger partial charge in [-0.05, 0) is 31.2 Å². The Hall–Kier alpha value is -2.07. The fourth-order valence-corrected chi connectivity index (χ4v) is 7.45. The van der Waals surface area contributed by atoms with Gasteiger partial charge in [0.1, 0.15) is 16.6 Å². The van der Waals surface area contributed by atoms with Gasteiger partial charge in [-0.25, -0.2) is 13.2 Å². The van der Waals surface area contributed by atoms with Crippen molar-refractivity contribution in [2.24, 2.45) is 0 Å². The fourth-order valence-electron chi connectivity index (χ4n) is 3.04. The average molecular weight is 398 g/mol. The molecule has 0 radical (unpaired) electrons. The van der Waals surface area contributed by atoms with Crippen LogP contribution in [-0.4, -0.2) is 41.0 Å². The van der Waals surface area contributed by atoms with E-state index in [1.165, 1.54) is 24.3 Å². The standard InChI is InChI=1S/C17H18O7S2/c1-2-24-16-12(17(18)19)8-9-13-15(16)14(10-25(13,20)21)26(22,23)11-6-4-3-5-7-11/h3-9,14,20-21H,2,10H2,1H3,(H,18,19). The molecule has 3 N–H and O–H groups in total. The molecule has 0 saturated carbocycles. The first-order valence-electron chi connectivity index (χ1n) is 7.78. The summed E-state index contributed by atoms with van der Waals surface area (Å²) in [6, 6.07) is 10.1. The van der Waals surface area contributed by atoms with E-state index in [0.29, 0.717) is 0 Å². The van der Waals surface area contributed by atoms with E-state index in [2.05, 4.69) is 0 Å². The highest BCUT2D eigenvalue weighted by Gasteiger charge is 2.46. The van der Waals surface area contributed by atoms with Gasteiger partial charge < -0.3 is 9.84 Å². The molecule has 3 rings (SSSR count). The highest BCUT2D eigenvalue weighted by atomic mass is 32.3. The maximum atomic E-state index is 13.1. The number of rotatable bonds is 5. The molecule has 0 saturated heterocycles. The Bertz CT molecular complexity index is 953. The quantitative estimate of drug-likeness (QED) is 0.705. The molecule has 0 amide bonds. The van der Waals surface area contributed by atoms with Gasteiger partial charge in [0.15, 0.2) is 9.84 Å². The fraction of sp³-hybridized carbons (Fsp3) is 0.235. The number of ether oxygens (including phenoxy) is 1. The third kappa shape index (κ3) is 2.96. The molecule has 0 aromatic heterocycles. The Labute approximate surface area is 152 Å². The molecule has 0 spiro atoms. The summed E-state index contributed by atoms with van der Waals surface area (Å²) in [4.78, 5) is 11.6. The van der Waals surface area contributed by atoms with Crippen molar-refractivity contribution in [1.29, 1.82) is 0 Å². The molecule has 140 valence electrons. The molecule has 7 nitrogen and oxygen atoms in total. The van der Waals surface area contributed by atoms with Crippen LogP contribution in [0.15, 0.2) is 52.3 Å². The van der Waals surface area contributed by atoms with Crippen LogP contribution in [-0.2, 0) is 9.84 Å². The SMILES string of the molecule is CCOc1c(C(=O)O)ccc2c1C(S(=O)(=O)c1ccccc1)CS2(O)O. The average Bonchev–Trinajstić information content (AvgIpc) is 2.88. The first kappa shape index (κ1) is 18.7. The maximum absolute atomic E-state index is 13.1. The highest BCUT2D eigenvalue weighted by Crippen LogP contribution is 2.63. The van der Waals surface area contributed by atoms with Crippen molar-refractivity contribution in [2.45, 2.75) is 22.0 Å². The smallest absolute Gasteiger partial charge is 0.339 e. The molecule has 1 heterocycles. The number of hydrogen-bond acceptors (Lipinski definition) is 6. The van der Waals surface area contributed by atoms with E-state index >= 15 is 0 Å².